The monoisotopic (exact) mass is 429 g/mol. The Labute approximate surface area is 186 Å². The molecule has 32 heavy (non-hydrogen) atoms. The maximum atomic E-state index is 12.5. The largest absolute Gasteiger partial charge is 0.342 e. The molecule has 7 heteroatoms. The molecule has 3 aliphatic rings. The third-order valence-electron chi connectivity index (χ3n) is 7.49. The van der Waals surface area contributed by atoms with Crippen molar-refractivity contribution >= 4 is 28.3 Å². The van der Waals surface area contributed by atoms with Crippen LogP contribution in [0.25, 0.3) is 10.8 Å². The van der Waals surface area contributed by atoms with E-state index in [1.54, 1.807) is 0 Å². The van der Waals surface area contributed by atoms with E-state index in [9.17, 15) is 9.59 Å². The maximum absolute atomic E-state index is 12.5. The van der Waals surface area contributed by atoms with Crippen LogP contribution in [0.5, 0.6) is 0 Å². The van der Waals surface area contributed by atoms with Crippen LogP contribution in [0.15, 0.2) is 42.7 Å². The highest BCUT2D eigenvalue weighted by atomic mass is 16.2. The number of carbonyl (C=O) groups excluding carboxylic acids is 2. The van der Waals surface area contributed by atoms with E-state index in [0.717, 1.165) is 66.4 Å². The van der Waals surface area contributed by atoms with Gasteiger partial charge in [0.05, 0.1) is 18.3 Å². The molecule has 3 N–H and O–H groups in total. The summed E-state index contributed by atoms with van der Waals surface area (Å²) in [6, 6.07) is 9.68. The summed E-state index contributed by atoms with van der Waals surface area (Å²) in [7, 11) is 0. The Bertz CT molecular complexity index is 1220. The zero-order chi connectivity index (χ0) is 21.8. The predicted octanol–water partition coefficient (Wildman–Crippen LogP) is 3.61. The van der Waals surface area contributed by atoms with Crippen LogP contribution in [0.3, 0.4) is 0 Å². The molecule has 2 aliphatic heterocycles. The van der Waals surface area contributed by atoms with Gasteiger partial charge in [0, 0.05) is 47.4 Å². The Morgan fingerprint density at radius 1 is 1.12 bits per heavy atom. The first-order valence-corrected chi connectivity index (χ1v) is 11.6. The first-order chi connectivity index (χ1) is 15.6. The SMILES string of the molecule is NC(c1cnn(C2CCN(C(=O)C3CCC3)CC2)c1)c1ccc2c3c(cccc13)C(=O)N2. The van der Waals surface area contributed by atoms with Gasteiger partial charge in [-0.2, -0.15) is 5.10 Å². The number of nitrogens with one attached hydrogen (secondary N) is 1. The van der Waals surface area contributed by atoms with Crippen LogP contribution >= 0.6 is 0 Å². The summed E-state index contributed by atoms with van der Waals surface area (Å²) in [5, 5.41) is 9.50. The second-order valence-corrected chi connectivity index (χ2v) is 9.30. The topological polar surface area (TPSA) is 93.2 Å². The normalized spacial score (nSPS) is 19.8. The quantitative estimate of drug-likeness (QED) is 0.663. The minimum Gasteiger partial charge on any atom is -0.342 e. The van der Waals surface area contributed by atoms with E-state index in [1.807, 2.05) is 52.3 Å². The minimum absolute atomic E-state index is 0.0636. The van der Waals surface area contributed by atoms with E-state index >= 15 is 0 Å². The van der Waals surface area contributed by atoms with Crippen molar-refractivity contribution in [2.75, 3.05) is 18.4 Å². The summed E-state index contributed by atoms with van der Waals surface area (Å²) >= 11 is 0. The number of piperidine rings is 1. The molecule has 6 rings (SSSR count). The standard InChI is InChI=1S/C25H27N5O2/c26-23(19-7-8-21-22-18(19)5-2-6-20(22)24(31)28-21)16-13-27-30(14-16)17-9-11-29(12-10-17)25(32)15-3-1-4-15/h2,5-8,13-15,17,23H,1,3-4,9-12,26H2,(H,28,31). The fourth-order valence-corrected chi connectivity index (χ4v) is 5.34. The fraction of sp³-hybridized carbons (Fsp3) is 0.400. The molecule has 1 unspecified atom stereocenters. The van der Waals surface area contributed by atoms with Crippen LogP contribution in [0, 0.1) is 5.92 Å². The highest BCUT2D eigenvalue weighted by Gasteiger charge is 2.32. The number of hydrogen-bond donors (Lipinski definition) is 2. The average Bonchev–Trinajstić information content (AvgIpc) is 3.39. The van der Waals surface area contributed by atoms with Crippen LogP contribution in [-0.2, 0) is 4.79 Å². The van der Waals surface area contributed by atoms with Gasteiger partial charge in [-0.15, -0.1) is 0 Å². The molecule has 7 nitrogen and oxygen atoms in total. The summed E-state index contributed by atoms with van der Waals surface area (Å²) in [5.41, 5.74) is 10.2. The first kappa shape index (κ1) is 19.5. The number of carbonyl (C=O) groups is 2. The number of amides is 2. The second kappa shape index (κ2) is 7.45. The van der Waals surface area contributed by atoms with E-state index in [4.69, 9.17) is 5.73 Å². The number of nitrogens with two attached hydrogens (primary N) is 1. The Kier molecular flexibility index (Phi) is 4.54. The molecule has 164 valence electrons. The van der Waals surface area contributed by atoms with Gasteiger partial charge >= 0.3 is 0 Å². The van der Waals surface area contributed by atoms with E-state index in [-0.39, 0.29) is 23.9 Å². The minimum atomic E-state index is -0.330. The molecule has 0 spiro atoms. The van der Waals surface area contributed by atoms with Crippen LogP contribution < -0.4 is 11.1 Å². The van der Waals surface area contributed by atoms with Gasteiger partial charge in [0.25, 0.3) is 5.91 Å². The number of benzene rings is 2. The molecule has 2 amide bonds. The lowest BCUT2D eigenvalue weighted by Gasteiger charge is -2.36. The molecule has 0 radical (unpaired) electrons. The fourth-order valence-electron chi connectivity index (χ4n) is 5.34. The highest BCUT2D eigenvalue weighted by molar-refractivity contribution is 6.24. The molecule has 1 saturated heterocycles. The molecular weight excluding hydrogens is 402 g/mol. The Balaban J connectivity index is 1.21. The van der Waals surface area contributed by atoms with Crippen molar-refractivity contribution in [1.29, 1.82) is 0 Å². The van der Waals surface area contributed by atoms with E-state index in [2.05, 4.69) is 10.4 Å². The zero-order valence-electron chi connectivity index (χ0n) is 18.0. The third-order valence-corrected chi connectivity index (χ3v) is 7.49. The Hall–Kier alpha value is -3.19. The van der Waals surface area contributed by atoms with Crippen molar-refractivity contribution in [1.82, 2.24) is 14.7 Å². The lowest BCUT2D eigenvalue weighted by atomic mass is 9.84. The summed E-state index contributed by atoms with van der Waals surface area (Å²) < 4.78 is 2.02. The smallest absolute Gasteiger partial charge is 0.256 e. The molecule has 3 aromatic rings. The number of rotatable bonds is 4. The maximum Gasteiger partial charge on any atom is 0.256 e. The summed E-state index contributed by atoms with van der Waals surface area (Å²) in [5.74, 6) is 0.549. The number of hydrogen-bond acceptors (Lipinski definition) is 4. The van der Waals surface area contributed by atoms with Crippen molar-refractivity contribution in [3.63, 3.8) is 0 Å². The molecule has 2 aromatic carbocycles. The summed E-state index contributed by atoms with van der Waals surface area (Å²) in [6.45, 7) is 1.61. The van der Waals surface area contributed by atoms with Crippen molar-refractivity contribution in [2.24, 2.45) is 11.7 Å². The summed E-state index contributed by atoms with van der Waals surface area (Å²) in [6.07, 6.45) is 9.04. The van der Waals surface area contributed by atoms with Crippen molar-refractivity contribution in [3.8, 4) is 0 Å². The molecule has 1 atom stereocenters. The van der Waals surface area contributed by atoms with E-state index in [1.165, 1.54) is 6.42 Å². The van der Waals surface area contributed by atoms with Gasteiger partial charge in [0.2, 0.25) is 5.91 Å². The lowest BCUT2D eigenvalue weighted by Crippen LogP contribution is -2.43. The molecular formula is C25H27N5O2. The lowest BCUT2D eigenvalue weighted by molar-refractivity contribution is -0.139. The van der Waals surface area contributed by atoms with Crippen LogP contribution in [0.4, 0.5) is 5.69 Å². The number of nitrogens with zero attached hydrogens (tertiary/aromatic N) is 3. The molecule has 1 saturated carbocycles. The number of aromatic nitrogens is 2. The molecule has 1 aliphatic carbocycles. The van der Waals surface area contributed by atoms with Crippen LogP contribution in [0.1, 0.15) is 65.7 Å². The van der Waals surface area contributed by atoms with Gasteiger partial charge in [-0.1, -0.05) is 24.6 Å². The Morgan fingerprint density at radius 2 is 1.94 bits per heavy atom. The average molecular weight is 430 g/mol. The highest BCUT2D eigenvalue weighted by Crippen LogP contribution is 2.38. The molecule has 0 bridgehead atoms. The van der Waals surface area contributed by atoms with Crippen molar-refractivity contribution in [2.45, 2.75) is 44.2 Å². The van der Waals surface area contributed by atoms with Gasteiger partial charge in [0.1, 0.15) is 0 Å². The van der Waals surface area contributed by atoms with E-state index in [0.29, 0.717) is 11.5 Å². The molecule has 2 fully saturated rings. The van der Waals surface area contributed by atoms with E-state index < -0.39 is 0 Å². The number of likely N-dealkylation sites (tertiary alicyclic amines) is 1. The van der Waals surface area contributed by atoms with Crippen molar-refractivity contribution < 1.29 is 9.59 Å². The van der Waals surface area contributed by atoms with Gasteiger partial charge in [-0.05, 0) is 48.8 Å². The van der Waals surface area contributed by atoms with Crippen LogP contribution in [0.2, 0.25) is 0 Å². The van der Waals surface area contributed by atoms with Gasteiger partial charge in [0.15, 0.2) is 0 Å². The number of anilines is 1. The van der Waals surface area contributed by atoms with Gasteiger partial charge in [-0.3, -0.25) is 14.3 Å². The second-order valence-electron chi connectivity index (χ2n) is 9.30. The Morgan fingerprint density at radius 3 is 2.69 bits per heavy atom. The van der Waals surface area contributed by atoms with Gasteiger partial charge in [-0.25, -0.2) is 0 Å². The van der Waals surface area contributed by atoms with Crippen molar-refractivity contribution in [3.05, 3.63) is 59.4 Å². The first-order valence-electron chi connectivity index (χ1n) is 11.6. The molecule has 3 heterocycles. The summed E-state index contributed by atoms with van der Waals surface area (Å²) in [4.78, 5) is 26.8. The van der Waals surface area contributed by atoms with Gasteiger partial charge < -0.3 is 16.0 Å². The molecule has 1 aromatic heterocycles. The predicted molar refractivity (Wildman–Crippen MR) is 122 cm³/mol. The third kappa shape index (κ3) is 3.03. The zero-order valence-corrected chi connectivity index (χ0v) is 18.0. The van der Waals surface area contributed by atoms with Crippen LogP contribution in [-0.4, -0.2) is 39.6 Å².